The Morgan fingerprint density at radius 3 is 2.62 bits per heavy atom. The minimum absolute atomic E-state index is 0.0340. The Morgan fingerprint density at radius 1 is 1.19 bits per heavy atom. The number of carbonyl (C=O) groups is 3. The van der Waals surface area contributed by atoms with Crippen LogP contribution in [0, 0.1) is 34.0 Å². The summed E-state index contributed by atoms with van der Waals surface area (Å²) in [5.74, 6) is -1.44. The first-order valence-corrected chi connectivity index (χ1v) is 11.3. The maximum atomic E-state index is 13.1. The van der Waals surface area contributed by atoms with Crippen LogP contribution in [0.25, 0.3) is 0 Å². The molecule has 0 radical (unpaired) electrons. The van der Waals surface area contributed by atoms with Crippen LogP contribution in [-0.2, 0) is 9.59 Å². The van der Waals surface area contributed by atoms with Gasteiger partial charge in [0, 0.05) is 11.8 Å². The Hall–Kier alpha value is -2.83. The summed E-state index contributed by atoms with van der Waals surface area (Å²) in [5, 5.41) is 31.8. The molecule has 6 rings (SSSR count). The van der Waals surface area contributed by atoms with Crippen molar-refractivity contribution in [2.24, 2.45) is 34.0 Å². The van der Waals surface area contributed by atoms with Gasteiger partial charge in [-0.3, -0.25) is 9.59 Å². The van der Waals surface area contributed by atoms with Crippen molar-refractivity contribution in [1.82, 2.24) is 0 Å². The van der Waals surface area contributed by atoms with Crippen LogP contribution in [0.3, 0.4) is 0 Å². The standard InChI is InChI=1S/C25H29NO6/c1-23-10-13-9-14(23)11-25(12-23)8-5-17(28)24(2,21(13)25)7-6-18(29)26-19-16(27)4-3-15(20(19)30)22(31)32/h3-5,8,13-14,21,27,30H,6-7,9-12H2,1-2H3,(H,26,29)(H,31,32)/t13-,14-,21+,23+,24-,25+/m1/s1. The molecule has 1 amide bonds. The quantitative estimate of drug-likeness (QED) is 0.512. The molecule has 170 valence electrons. The van der Waals surface area contributed by atoms with E-state index in [0.717, 1.165) is 43.7 Å². The first-order valence-electron chi connectivity index (χ1n) is 11.3. The third-order valence-electron chi connectivity index (χ3n) is 9.09. The molecule has 5 aliphatic carbocycles. The van der Waals surface area contributed by atoms with E-state index in [4.69, 9.17) is 5.11 Å². The first-order chi connectivity index (χ1) is 15.0. The van der Waals surface area contributed by atoms with Gasteiger partial charge in [0.05, 0.1) is 0 Å². The lowest BCUT2D eigenvalue weighted by molar-refractivity contribution is -0.138. The SMILES string of the molecule is C[C@@]12C[C@H]3C[C@@H]1C[C@@]1(C=CC(=O)[C@@](C)(CCC(=O)Nc4c(O)ccc(C(=O)O)c4O)[C@H]31)C2. The summed E-state index contributed by atoms with van der Waals surface area (Å²) in [4.78, 5) is 37.1. The second-order valence-corrected chi connectivity index (χ2v) is 11.0. The summed E-state index contributed by atoms with van der Waals surface area (Å²) < 4.78 is 0. The lowest BCUT2D eigenvalue weighted by Crippen LogP contribution is -2.53. The van der Waals surface area contributed by atoms with E-state index >= 15 is 0 Å². The van der Waals surface area contributed by atoms with Crippen LogP contribution >= 0.6 is 0 Å². The van der Waals surface area contributed by atoms with E-state index in [1.807, 2.05) is 6.92 Å². The highest BCUT2D eigenvalue weighted by Crippen LogP contribution is 2.76. The van der Waals surface area contributed by atoms with Crippen molar-refractivity contribution in [3.8, 4) is 11.5 Å². The topological polar surface area (TPSA) is 124 Å². The number of phenols is 2. The highest BCUT2D eigenvalue weighted by Gasteiger charge is 2.70. The van der Waals surface area contributed by atoms with Gasteiger partial charge in [-0.15, -0.1) is 0 Å². The molecule has 0 heterocycles. The van der Waals surface area contributed by atoms with Gasteiger partial charge in [-0.25, -0.2) is 4.79 Å². The van der Waals surface area contributed by atoms with Crippen molar-refractivity contribution in [3.05, 3.63) is 29.8 Å². The fourth-order valence-electron chi connectivity index (χ4n) is 7.99. The predicted molar refractivity (Wildman–Crippen MR) is 116 cm³/mol. The van der Waals surface area contributed by atoms with Gasteiger partial charge < -0.3 is 20.6 Å². The van der Waals surface area contributed by atoms with Crippen molar-refractivity contribution in [3.63, 3.8) is 0 Å². The van der Waals surface area contributed by atoms with E-state index in [-0.39, 0.29) is 29.2 Å². The van der Waals surface area contributed by atoms with Gasteiger partial charge in [0.15, 0.2) is 11.5 Å². The Kier molecular flexibility index (Phi) is 4.33. The summed E-state index contributed by atoms with van der Waals surface area (Å²) in [7, 11) is 0. The normalized spacial score (nSPS) is 38.7. The molecular weight excluding hydrogens is 410 g/mol. The molecule has 32 heavy (non-hydrogen) atoms. The number of hydrogen-bond acceptors (Lipinski definition) is 5. The van der Waals surface area contributed by atoms with Gasteiger partial charge in [0.2, 0.25) is 5.91 Å². The summed E-state index contributed by atoms with van der Waals surface area (Å²) >= 11 is 0. The fourth-order valence-corrected chi connectivity index (χ4v) is 7.99. The van der Waals surface area contributed by atoms with Crippen molar-refractivity contribution < 1.29 is 29.7 Å². The summed E-state index contributed by atoms with van der Waals surface area (Å²) in [6.45, 7) is 4.38. The number of ketones is 1. The number of allylic oxidation sites excluding steroid dienone is 2. The summed E-state index contributed by atoms with van der Waals surface area (Å²) in [6, 6.07) is 2.19. The Labute approximate surface area is 186 Å². The molecule has 0 unspecified atom stereocenters. The second-order valence-electron chi connectivity index (χ2n) is 11.0. The molecule has 4 saturated carbocycles. The number of aromatic hydroxyl groups is 2. The lowest BCUT2D eigenvalue weighted by Gasteiger charge is -2.55. The number of aromatic carboxylic acids is 1. The largest absolute Gasteiger partial charge is 0.506 e. The van der Waals surface area contributed by atoms with E-state index in [1.54, 1.807) is 6.08 Å². The molecule has 7 nitrogen and oxygen atoms in total. The molecule has 4 bridgehead atoms. The number of nitrogens with one attached hydrogen (secondary N) is 1. The fraction of sp³-hybridized carbons (Fsp3) is 0.560. The molecule has 0 aromatic heterocycles. The van der Waals surface area contributed by atoms with E-state index in [1.165, 1.54) is 0 Å². The number of hydrogen-bond donors (Lipinski definition) is 4. The van der Waals surface area contributed by atoms with Crippen LogP contribution in [0.2, 0.25) is 0 Å². The van der Waals surface area contributed by atoms with E-state index < -0.39 is 34.4 Å². The van der Waals surface area contributed by atoms with Crippen LogP contribution < -0.4 is 5.32 Å². The Morgan fingerprint density at radius 2 is 1.94 bits per heavy atom. The molecule has 4 fully saturated rings. The molecule has 5 aliphatic rings. The zero-order valence-electron chi connectivity index (χ0n) is 18.4. The van der Waals surface area contributed by atoms with E-state index in [2.05, 4.69) is 18.3 Å². The number of anilines is 1. The third-order valence-corrected chi connectivity index (χ3v) is 9.09. The lowest BCUT2D eigenvalue weighted by atomic mass is 9.47. The number of rotatable bonds is 5. The molecule has 1 spiro atoms. The minimum Gasteiger partial charge on any atom is -0.506 e. The molecule has 4 N–H and O–H groups in total. The molecule has 0 saturated heterocycles. The third kappa shape index (κ3) is 2.76. The number of carboxylic acid groups (broad SMARTS) is 1. The van der Waals surface area contributed by atoms with Gasteiger partial charge in [-0.2, -0.15) is 0 Å². The minimum atomic E-state index is -1.37. The average Bonchev–Trinajstić information content (AvgIpc) is 3.08. The van der Waals surface area contributed by atoms with Crippen LogP contribution in [0.1, 0.15) is 62.7 Å². The Balaban J connectivity index is 1.36. The molecular formula is C25H29NO6. The molecule has 1 aromatic carbocycles. The smallest absolute Gasteiger partial charge is 0.339 e. The maximum absolute atomic E-state index is 13.1. The molecule has 0 aliphatic heterocycles. The highest BCUT2D eigenvalue weighted by molar-refractivity contribution is 6.00. The van der Waals surface area contributed by atoms with Crippen molar-refractivity contribution in [1.29, 1.82) is 0 Å². The van der Waals surface area contributed by atoms with Crippen LogP contribution in [0.5, 0.6) is 11.5 Å². The number of amides is 1. The maximum Gasteiger partial charge on any atom is 0.339 e. The zero-order valence-corrected chi connectivity index (χ0v) is 18.4. The van der Waals surface area contributed by atoms with Gasteiger partial charge >= 0.3 is 5.97 Å². The summed E-state index contributed by atoms with van der Waals surface area (Å²) in [6.07, 6.45) is 8.85. The number of carbonyl (C=O) groups excluding carboxylic acids is 2. The predicted octanol–water partition coefficient (Wildman–Crippen LogP) is 4.10. The van der Waals surface area contributed by atoms with Crippen molar-refractivity contribution in [2.75, 3.05) is 5.32 Å². The monoisotopic (exact) mass is 439 g/mol. The number of benzene rings is 1. The van der Waals surface area contributed by atoms with Gasteiger partial charge in [0.25, 0.3) is 0 Å². The van der Waals surface area contributed by atoms with Crippen LogP contribution in [0.4, 0.5) is 5.69 Å². The second kappa shape index (κ2) is 6.59. The first kappa shape index (κ1) is 21.0. The van der Waals surface area contributed by atoms with Gasteiger partial charge in [-0.05, 0) is 78.9 Å². The highest BCUT2D eigenvalue weighted by atomic mass is 16.4. The molecule has 1 aromatic rings. The van der Waals surface area contributed by atoms with Crippen LogP contribution in [-0.4, -0.2) is 33.0 Å². The summed E-state index contributed by atoms with van der Waals surface area (Å²) in [5.41, 5.74) is -0.955. The number of phenolic OH excluding ortho intramolecular Hbond substituents is 1. The van der Waals surface area contributed by atoms with Crippen LogP contribution in [0.15, 0.2) is 24.3 Å². The van der Waals surface area contributed by atoms with E-state index in [0.29, 0.717) is 17.8 Å². The van der Waals surface area contributed by atoms with Crippen molar-refractivity contribution in [2.45, 2.75) is 52.4 Å². The molecule has 6 atom stereocenters. The number of carboxylic acids is 1. The van der Waals surface area contributed by atoms with E-state index in [9.17, 15) is 24.6 Å². The van der Waals surface area contributed by atoms with Crippen molar-refractivity contribution >= 4 is 23.3 Å². The zero-order chi connectivity index (χ0) is 23.1. The van der Waals surface area contributed by atoms with Gasteiger partial charge in [-0.1, -0.05) is 19.9 Å². The molecule has 7 heteroatoms. The van der Waals surface area contributed by atoms with Gasteiger partial charge in [0.1, 0.15) is 17.0 Å². The Bertz CT molecular complexity index is 1080. The average molecular weight is 440 g/mol.